The van der Waals surface area contributed by atoms with Gasteiger partial charge in [-0.05, 0) is 12.5 Å². The Morgan fingerprint density at radius 3 is 1.80 bits per heavy atom. The van der Waals surface area contributed by atoms with Crippen molar-refractivity contribution in [1.29, 1.82) is 0 Å². The predicted molar refractivity (Wildman–Crippen MR) is 29.5 cm³/mol. The molecule has 0 fully saturated rings. The van der Waals surface area contributed by atoms with Gasteiger partial charge in [0.15, 0.2) is 10.1 Å². The van der Waals surface area contributed by atoms with Crippen LogP contribution < -0.4 is 18.9 Å². The molecule has 0 saturated heterocycles. The Bertz CT molecular complexity index is 240. The maximum atomic E-state index is 10.2. The fourth-order valence-corrected chi connectivity index (χ4v) is 0.640. The van der Waals surface area contributed by atoms with E-state index in [1.54, 1.807) is 0 Å². The first kappa shape index (κ1) is 12.6. The Morgan fingerprint density at radius 1 is 1.50 bits per heavy atom. The average molecular weight is 156 g/mol. The smallest absolute Gasteiger partial charge is 0.742 e. The first-order chi connectivity index (χ1) is 3.85. The van der Waals surface area contributed by atoms with E-state index in [9.17, 15) is 17.8 Å². The summed E-state index contributed by atoms with van der Waals surface area (Å²) in [6, 6.07) is 0. The molecule has 0 aromatic rings. The molecular formula is C4H5LiO4S. The van der Waals surface area contributed by atoms with E-state index in [1.807, 2.05) is 0 Å². The van der Waals surface area contributed by atoms with Gasteiger partial charge < -0.3 is 4.55 Å². The van der Waals surface area contributed by atoms with Crippen molar-refractivity contribution in [3.8, 4) is 0 Å². The molecule has 0 N–H and O–H groups in total. The molecule has 0 aliphatic carbocycles. The minimum atomic E-state index is -4.79. The van der Waals surface area contributed by atoms with Crippen molar-refractivity contribution in [2.75, 3.05) is 0 Å². The molecule has 0 amide bonds. The van der Waals surface area contributed by atoms with Gasteiger partial charge in [0.2, 0.25) is 0 Å². The zero-order valence-electron chi connectivity index (χ0n) is 5.75. The summed E-state index contributed by atoms with van der Waals surface area (Å²) >= 11 is 0. The monoisotopic (exact) mass is 156 g/mol. The summed E-state index contributed by atoms with van der Waals surface area (Å²) in [7, 11) is -4.79. The first-order valence-electron chi connectivity index (χ1n) is 2.01. The van der Waals surface area contributed by atoms with E-state index < -0.39 is 15.2 Å². The second kappa shape index (κ2) is 3.94. The van der Waals surface area contributed by atoms with E-state index in [0.717, 1.165) is 6.92 Å². The van der Waals surface area contributed by atoms with Crippen LogP contribution in [-0.4, -0.2) is 18.1 Å². The van der Waals surface area contributed by atoms with Gasteiger partial charge in [-0.25, -0.2) is 8.42 Å². The van der Waals surface area contributed by atoms with Crippen LogP contribution in [-0.2, 0) is 14.9 Å². The van der Waals surface area contributed by atoms with Crippen molar-refractivity contribution in [2.24, 2.45) is 0 Å². The molecule has 0 aliphatic heterocycles. The number of rotatable bonds is 1. The summed E-state index contributed by atoms with van der Waals surface area (Å²) in [5.41, 5.74) is -0.259. The van der Waals surface area contributed by atoms with E-state index in [2.05, 4.69) is 6.58 Å². The molecule has 10 heavy (non-hydrogen) atoms. The standard InChI is InChI=1S/C4H6O4S.Li/c1-3(2)4(5)9(6,7)8;/h1H2,2H3,(H,6,7,8);/q;+1/p-1. The van der Waals surface area contributed by atoms with E-state index in [4.69, 9.17) is 0 Å². The Morgan fingerprint density at radius 2 is 1.80 bits per heavy atom. The van der Waals surface area contributed by atoms with Crippen molar-refractivity contribution in [2.45, 2.75) is 6.92 Å². The second-order valence-electron chi connectivity index (χ2n) is 1.52. The second-order valence-corrected chi connectivity index (χ2v) is 2.80. The summed E-state index contributed by atoms with van der Waals surface area (Å²) in [6.45, 7) is 4.16. The number of carbonyl (C=O) groups is 1. The number of carbonyl (C=O) groups excluding carboxylic acids is 1. The zero-order valence-corrected chi connectivity index (χ0v) is 6.56. The summed E-state index contributed by atoms with van der Waals surface area (Å²) in [4.78, 5) is 10.2. The van der Waals surface area contributed by atoms with Crippen molar-refractivity contribution in [1.82, 2.24) is 0 Å². The van der Waals surface area contributed by atoms with Gasteiger partial charge in [-0.1, -0.05) is 6.58 Å². The van der Waals surface area contributed by atoms with Gasteiger partial charge in [0.25, 0.3) is 5.12 Å². The van der Waals surface area contributed by atoms with Crippen LogP contribution in [0.2, 0.25) is 0 Å². The normalized spacial score (nSPS) is 9.80. The largest absolute Gasteiger partial charge is 1.00 e. The van der Waals surface area contributed by atoms with Gasteiger partial charge in [-0.3, -0.25) is 4.79 Å². The van der Waals surface area contributed by atoms with Crippen molar-refractivity contribution >= 4 is 15.2 Å². The molecule has 6 heteroatoms. The molecule has 0 heterocycles. The molecule has 0 aromatic carbocycles. The summed E-state index contributed by atoms with van der Waals surface area (Å²) < 4.78 is 29.4. The van der Waals surface area contributed by atoms with Crippen LogP contribution in [0.5, 0.6) is 0 Å². The van der Waals surface area contributed by atoms with Crippen LogP contribution in [0.3, 0.4) is 0 Å². The van der Waals surface area contributed by atoms with Gasteiger partial charge in [0.1, 0.15) is 0 Å². The Labute approximate surface area is 71.2 Å². The van der Waals surface area contributed by atoms with Gasteiger partial charge in [-0.2, -0.15) is 0 Å². The molecule has 4 nitrogen and oxygen atoms in total. The average Bonchev–Trinajstić information content (AvgIpc) is 1.62. The molecular weight excluding hydrogens is 151 g/mol. The maximum absolute atomic E-state index is 10.2. The third kappa shape index (κ3) is 3.85. The van der Waals surface area contributed by atoms with Gasteiger partial charge in [-0.15, -0.1) is 0 Å². The van der Waals surface area contributed by atoms with Gasteiger partial charge in [0, 0.05) is 0 Å². The van der Waals surface area contributed by atoms with Crippen molar-refractivity contribution < 1.29 is 36.6 Å². The first-order valence-corrected chi connectivity index (χ1v) is 3.42. The Hall–Kier alpha value is -0.0826. The van der Waals surface area contributed by atoms with Gasteiger partial charge in [0.05, 0.1) is 0 Å². The van der Waals surface area contributed by atoms with Crippen LogP contribution >= 0.6 is 0 Å². The fourth-order valence-electron chi connectivity index (χ4n) is 0.213. The maximum Gasteiger partial charge on any atom is 1.00 e. The number of hydrogen-bond donors (Lipinski definition) is 0. The van der Waals surface area contributed by atoms with E-state index in [0.29, 0.717) is 0 Å². The SMILES string of the molecule is C=C(C)C(=O)S(=O)(=O)[O-].[Li+]. The molecule has 52 valence electrons. The molecule has 0 atom stereocenters. The zero-order chi connectivity index (χ0) is 7.65. The van der Waals surface area contributed by atoms with E-state index in [1.165, 1.54) is 0 Å². The van der Waals surface area contributed by atoms with Crippen LogP contribution in [0.15, 0.2) is 12.2 Å². The van der Waals surface area contributed by atoms with Crippen LogP contribution in [0.1, 0.15) is 6.92 Å². The van der Waals surface area contributed by atoms with E-state index >= 15 is 0 Å². The topological polar surface area (TPSA) is 74.3 Å². The molecule has 0 saturated carbocycles. The molecule has 0 rings (SSSR count). The Balaban J connectivity index is 0. The quantitative estimate of drug-likeness (QED) is 0.226. The fraction of sp³-hybridized carbons (Fsp3) is 0.250. The van der Waals surface area contributed by atoms with Crippen molar-refractivity contribution in [3.05, 3.63) is 12.2 Å². The molecule has 0 aromatic heterocycles. The molecule has 0 radical (unpaired) electrons. The van der Waals surface area contributed by atoms with Crippen molar-refractivity contribution in [3.63, 3.8) is 0 Å². The minimum Gasteiger partial charge on any atom is -0.742 e. The van der Waals surface area contributed by atoms with Crippen LogP contribution in [0, 0.1) is 0 Å². The Kier molecular flexibility index (Phi) is 4.95. The minimum absolute atomic E-state index is 0. The van der Waals surface area contributed by atoms with E-state index in [-0.39, 0.29) is 24.4 Å². The summed E-state index contributed by atoms with van der Waals surface area (Å²) in [5.74, 6) is 0. The third-order valence-corrected chi connectivity index (χ3v) is 1.38. The molecule has 0 bridgehead atoms. The third-order valence-electron chi connectivity index (χ3n) is 0.576. The van der Waals surface area contributed by atoms with Crippen LogP contribution in [0.25, 0.3) is 0 Å². The molecule has 0 aliphatic rings. The summed E-state index contributed by atoms with van der Waals surface area (Å²) in [5, 5.41) is -1.44. The molecule has 0 spiro atoms. The van der Waals surface area contributed by atoms with Crippen LogP contribution in [0.4, 0.5) is 0 Å². The predicted octanol–water partition coefficient (Wildman–Crippen LogP) is -3.36. The number of hydrogen-bond acceptors (Lipinski definition) is 4. The van der Waals surface area contributed by atoms with Gasteiger partial charge >= 0.3 is 18.9 Å². The molecule has 0 unspecified atom stereocenters. The summed E-state index contributed by atoms with van der Waals surface area (Å²) in [6.07, 6.45) is 0.